The predicted molar refractivity (Wildman–Crippen MR) is 126 cm³/mol. The normalized spacial score (nSPS) is 13.1. The van der Waals surface area contributed by atoms with Gasteiger partial charge < -0.3 is 21.1 Å². The van der Waals surface area contributed by atoms with Crippen molar-refractivity contribution in [2.24, 2.45) is 5.73 Å². The molecule has 2 aromatic rings. The maximum Gasteiger partial charge on any atom is 0.306 e. The van der Waals surface area contributed by atoms with Crippen LogP contribution in [0.1, 0.15) is 37.3 Å². The highest BCUT2D eigenvalue weighted by Gasteiger charge is 2.34. The second-order valence-corrected chi connectivity index (χ2v) is 7.94. The first kappa shape index (κ1) is 27.9. The number of hydrogen-bond acceptors (Lipinski definition) is 7. The van der Waals surface area contributed by atoms with Gasteiger partial charge in [-0.3, -0.25) is 29.3 Å². The Morgan fingerprint density at radius 3 is 2.17 bits per heavy atom. The van der Waals surface area contributed by atoms with Gasteiger partial charge in [-0.25, -0.2) is 4.39 Å². The topological polar surface area (TPSA) is 171 Å². The SMILES string of the molecule is CCOC(=O)C[C@H](c1ccc([N+](=O)[O-])cc1)[C@H](NC(=O)[C@@H](Cc1ccc(F)cc1)NC(C)=O)C(N)=O. The smallest absolute Gasteiger partial charge is 0.306 e. The molecule has 3 atom stereocenters. The van der Waals surface area contributed by atoms with E-state index in [1.54, 1.807) is 6.92 Å². The van der Waals surface area contributed by atoms with Crippen LogP contribution >= 0.6 is 0 Å². The molecule has 2 aromatic carbocycles. The third-order valence-corrected chi connectivity index (χ3v) is 5.28. The zero-order valence-electron chi connectivity index (χ0n) is 19.7. The van der Waals surface area contributed by atoms with Gasteiger partial charge in [0.2, 0.25) is 17.7 Å². The largest absolute Gasteiger partial charge is 0.466 e. The summed E-state index contributed by atoms with van der Waals surface area (Å²) in [5.41, 5.74) is 6.24. The Morgan fingerprint density at radius 1 is 1.06 bits per heavy atom. The van der Waals surface area contributed by atoms with E-state index in [4.69, 9.17) is 10.5 Å². The number of ether oxygens (including phenoxy) is 1. The minimum atomic E-state index is -1.42. The Kier molecular flexibility index (Phi) is 10.0. The average Bonchev–Trinajstić information content (AvgIpc) is 2.82. The zero-order chi connectivity index (χ0) is 26.8. The number of carbonyl (C=O) groups excluding carboxylic acids is 4. The standard InChI is InChI=1S/C24H27FN4O7/c1-3-36-21(31)13-19(16-6-10-18(11-7-16)29(34)35)22(23(26)32)28-24(33)20(27-14(2)30)12-15-4-8-17(25)9-5-15/h4-11,19-20,22H,3,12-13H2,1-2H3,(H2,26,32)(H,27,30)(H,28,33)/t19-,20-,22+/m1/s1. The summed E-state index contributed by atoms with van der Waals surface area (Å²) in [6.07, 6.45) is -0.375. The fourth-order valence-electron chi connectivity index (χ4n) is 3.61. The first-order valence-electron chi connectivity index (χ1n) is 11.0. The first-order chi connectivity index (χ1) is 17.0. The van der Waals surface area contributed by atoms with Gasteiger partial charge in [0.1, 0.15) is 17.9 Å². The van der Waals surface area contributed by atoms with Crippen LogP contribution in [-0.2, 0) is 30.3 Å². The van der Waals surface area contributed by atoms with Crippen LogP contribution in [-0.4, -0.2) is 47.3 Å². The molecular formula is C24H27FN4O7. The van der Waals surface area contributed by atoms with Crippen LogP contribution in [0.4, 0.5) is 10.1 Å². The number of nitro groups is 1. The first-order valence-corrected chi connectivity index (χ1v) is 11.0. The van der Waals surface area contributed by atoms with E-state index in [0.29, 0.717) is 11.1 Å². The van der Waals surface area contributed by atoms with Crippen molar-refractivity contribution in [1.29, 1.82) is 0 Å². The van der Waals surface area contributed by atoms with Gasteiger partial charge >= 0.3 is 5.97 Å². The molecule has 3 amide bonds. The van der Waals surface area contributed by atoms with Gasteiger partial charge in [-0.15, -0.1) is 0 Å². The summed E-state index contributed by atoms with van der Waals surface area (Å²) in [6.45, 7) is 2.87. The summed E-state index contributed by atoms with van der Waals surface area (Å²) in [5, 5.41) is 16.0. The Morgan fingerprint density at radius 2 is 1.67 bits per heavy atom. The van der Waals surface area contributed by atoms with E-state index in [-0.39, 0.29) is 25.1 Å². The van der Waals surface area contributed by atoms with Crippen LogP contribution in [0, 0.1) is 15.9 Å². The van der Waals surface area contributed by atoms with Crippen molar-refractivity contribution in [2.75, 3.05) is 6.61 Å². The van der Waals surface area contributed by atoms with E-state index in [1.807, 2.05) is 0 Å². The number of benzene rings is 2. The highest BCUT2D eigenvalue weighted by molar-refractivity contribution is 5.92. The predicted octanol–water partition coefficient (Wildman–Crippen LogP) is 1.49. The molecule has 36 heavy (non-hydrogen) atoms. The van der Waals surface area contributed by atoms with E-state index in [2.05, 4.69) is 10.6 Å². The molecular weight excluding hydrogens is 475 g/mol. The van der Waals surface area contributed by atoms with Crippen LogP contribution in [0.25, 0.3) is 0 Å². The molecule has 0 fully saturated rings. The summed E-state index contributed by atoms with van der Waals surface area (Å²) in [5.74, 6) is -4.43. The van der Waals surface area contributed by atoms with Crippen molar-refractivity contribution < 1.29 is 33.2 Å². The third kappa shape index (κ3) is 8.15. The lowest BCUT2D eigenvalue weighted by Gasteiger charge is -2.27. The van der Waals surface area contributed by atoms with Crippen LogP contribution in [0.15, 0.2) is 48.5 Å². The maximum atomic E-state index is 13.3. The maximum absolute atomic E-state index is 13.3. The Balaban J connectivity index is 2.37. The number of non-ortho nitro benzene ring substituents is 1. The third-order valence-electron chi connectivity index (χ3n) is 5.28. The quantitative estimate of drug-likeness (QED) is 0.224. The van der Waals surface area contributed by atoms with Gasteiger partial charge in [-0.05, 0) is 30.2 Å². The molecule has 0 aliphatic heterocycles. The fourth-order valence-corrected chi connectivity index (χ4v) is 3.61. The van der Waals surface area contributed by atoms with E-state index < -0.39 is 52.4 Å². The summed E-state index contributed by atoms with van der Waals surface area (Å²) < 4.78 is 18.2. The minimum absolute atomic E-state index is 0.0166. The Labute approximate surface area is 206 Å². The van der Waals surface area contributed by atoms with Crippen molar-refractivity contribution in [3.05, 3.63) is 75.6 Å². The monoisotopic (exact) mass is 502 g/mol. The van der Waals surface area contributed by atoms with Gasteiger partial charge in [0, 0.05) is 31.4 Å². The summed E-state index contributed by atoms with van der Waals surface area (Å²) in [7, 11) is 0. The molecule has 2 rings (SSSR count). The molecule has 0 saturated carbocycles. The highest BCUT2D eigenvalue weighted by atomic mass is 19.1. The molecule has 0 aliphatic rings. The van der Waals surface area contributed by atoms with Gasteiger partial charge in [0.15, 0.2) is 0 Å². The van der Waals surface area contributed by atoms with Gasteiger partial charge in [-0.2, -0.15) is 0 Å². The van der Waals surface area contributed by atoms with Crippen LogP contribution in [0.2, 0.25) is 0 Å². The number of rotatable bonds is 12. The number of carbonyl (C=O) groups is 4. The summed E-state index contributed by atoms with van der Waals surface area (Å²) >= 11 is 0. The lowest BCUT2D eigenvalue weighted by atomic mass is 9.87. The van der Waals surface area contributed by atoms with E-state index >= 15 is 0 Å². The lowest BCUT2D eigenvalue weighted by molar-refractivity contribution is -0.384. The van der Waals surface area contributed by atoms with E-state index in [1.165, 1.54) is 55.5 Å². The minimum Gasteiger partial charge on any atom is -0.466 e. The Hall–Kier alpha value is -4.35. The van der Waals surface area contributed by atoms with Crippen LogP contribution in [0.3, 0.4) is 0 Å². The number of primary amides is 1. The molecule has 4 N–H and O–H groups in total. The van der Waals surface area contributed by atoms with Crippen molar-refractivity contribution in [2.45, 2.75) is 44.7 Å². The number of halogens is 1. The average molecular weight is 502 g/mol. The second-order valence-electron chi connectivity index (χ2n) is 7.94. The molecule has 0 saturated heterocycles. The van der Waals surface area contributed by atoms with Crippen LogP contribution in [0.5, 0.6) is 0 Å². The molecule has 0 radical (unpaired) electrons. The van der Waals surface area contributed by atoms with Crippen molar-refractivity contribution in [3.63, 3.8) is 0 Å². The Bertz CT molecular complexity index is 1110. The van der Waals surface area contributed by atoms with Crippen molar-refractivity contribution in [3.8, 4) is 0 Å². The number of nitrogens with two attached hydrogens (primary N) is 1. The zero-order valence-corrected chi connectivity index (χ0v) is 19.7. The van der Waals surface area contributed by atoms with Crippen LogP contribution < -0.4 is 16.4 Å². The molecule has 0 heterocycles. The number of nitrogens with zero attached hydrogens (tertiary/aromatic N) is 1. The van der Waals surface area contributed by atoms with Crippen molar-refractivity contribution in [1.82, 2.24) is 10.6 Å². The number of nitrogens with one attached hydrogen (secondary N) is 2. The van der Waals surface area contributed by atoms with E-state index in [0.717, 1.165) is 0 Å². The number of nitro benzene ring substituents is 1. The van der Waals surface area contributed by atoms with Crippen molar-refractivity contribution >= 4 is 29.4 Å². The van der Waals surface area contributed by atoms with Gasteiger partial charge in [0.05, 0.1) is 18.0 Å². The number of amides is 3. The molecule has 0 aliphatic carbocycles. The number of esters is 1. The highest BCUT2D eigenvalue weighted by Crippen LogP contribution is 2.27. The molecule has 12 heteroatoms. The summed E-state index contributed by atoms with van der Waals surface area (Å²) in [6, 6.07) is 7.84. The molecule has 0 spiro atoms. The molecule has 192 valence electrons. The molecule has 0 unspecified atom stereocenters. The van der Waals surface area contributed by atoms with Gasteiger partial charge in [0.25, 0.3) is 5.69 Å². The molecule has 0 aromatic heterocycles. The van der Waals surface area contributed by atoms with E-state index in [9.17, 15) is 33.7 Å². The second kappa shape index (κ2) is 12.9. The molecule has 0 bridgehead atoms. The number of hydrogen-bond donors (Lipinski definition) is 3. The lowest BCUT2D eigenvalue weighted by Crippen LogP contribution is -2.55. The van der Waals surface area contributed by atoms with Gasteiger partial charge in [-0.1, -0.05) is 24.3 Å². The summed E-state index contributed by atoms with van der Waals surface area (Å²) in [4.78, 5) is 60.0. The fraction of sp³-hybridized carbons (Fsp3) is 0.333. The molecule has 11 nitrogen and oxygen atoms in total.